The number of nitrogens with one attached hydrogen (secondary N) is 1. The number of amides is 2. The van der Waals surface area contributed by atoms with E-state index in [0.717, 1.165) is 0 Å². The van der Waals surface area contributed by atoms with Gasteiger partial charge in [-0.3, -0.25) is 19.5 Å². The molecule has 2 amide bonds. The van der Waals surface area contributed by atoms with Gasteiger partial charge in [0.25, 0.3) is 11.2 Å². The molecule has 10 heteroatoms. The summed E-state index contributed by atoms with van der Waals surface area (Å²) in [5, 5.41) is 14.2. The van der Waals surface area contributed by atoms with E-state index in [0.29, 0.717) is 34.6 Å². The SMILES string of the molecule is CCC(c1nc2ccccc2c(=O)n1C)N(Cc1ccco1)C(=O)Nc1ccc([N+](=O)[O-])cc1. The van der Waals surface area contributed by atoms with Crippen molar-refractivity contribution in [1.29, 1.82) is 0 Å². The maximum absolute atomic E-state index is 13.4. The minimum Gasteiger partial charge on any atom is -0.467 e. The van der Waals surface area contributed by atoms with Crippen LogP contribution in [0.15, 0.2) is 76.1 Å². The summed E-state index contributed by atoms with van der Waals surface area (Å²) in [5.41, 5.74) is 0.669. The highest BCUT2D eigenvalue weighted by Gasteiger charge is 2.29. The molecule has 174 valence electrons. The molecule has 0 aliphatic heterocycles. The topological polar surface area (TPSA) is 124 Å². The van der Waals surface area contributed by atoms with Crippen LogP contribution in [0.2, 0.25) is 0 Å². The number of aromatic nitrogens is 2. The Bertz CT molecular complexity index is 1380. The Hall–Kier alpha value is -4.47. The number of nitro groups is 1. The third kappa shape index (κ3) is 4.51. The van der Waals surface area contributed by atoms with Crippen molar-refractivity contribution in [3.8, 4) is 0 Å². The van der Waals surface area contributed by atoms with Gasteiger partial charge in [-0.2, -0.15) is 0 Å². The van der Waals surface area contributed by atoms with Crippen LogP contribution in [-0.4, -0.2) is 25.4 Å². The average molecular weight is 461 g/mol. The Morgan fingerprint density at radius 2 is 1.91 bits per heavy atom. The van der Waals surface area contributed by atoms with Crippen LogP contribution in [0, 0.1) is 10.1 Å². The van der Waals surface area contributed by atoms with Gasteiger partial charge in [-0.25, -0.2) is 9.78 Å². The maximum Gasteiger partial charge on any atom is 0.322 e. The highest BCUT2D eigenvalue weighted by atomic mass is 16.6. The van der Waals surface area contributed by atoms with Crippen LogP contribution < -0.4 is 10.9 Å². The predicted octanol–water partition coefficient (Wildman–Crippen LogP) is 4.62. The number of benzene rings is 2. The van der Waals surface area contributed by atoms with E-state index in [-0.39, 0.29) is 17.8 Å². The third-order valence-corrected chi connectivity index (χ3v) is 5.58. The van der Waals surface area contributed by atoms with Crippen LogP contribution in [0.5, 0.6) is 0 Å². The van der Waals surface area contributed by atoms with Crippen molar-refractivity contribution in [3.63, 3.8) is 0 Å². The summed E-state index contributed by atoms with van der Waals surface area (Å²) in [4.78, 5) is 43.1. The first-order chi connectivity index (χ1) is 16.4. The molecule has 1 atom stereocenters. The Morgan fingerprint density at radius 1 is 1.18 bits per heavy atom. The van der Waals surface area contributed by atoms with E-state index in [1.165, 1.54) is 40.0 Å². The first-order valence-electron chi connectivity index (χ1n) is 10.7. The maximum atomic E-state index is 13.4. The highest BCUT2D eigenvalue weighted by Crippen LogP contribution is 2.27. The van der Waals surface area contributed by atoms with Crippen LogP contribution in [0.25, 0.3) is 10.9 Å². The number of anilines is 1. The van der Waals surface area contributed by atoms with E-state index >= 15 is 0 Å². The quantitative estimate of drug-likeness (QED) is 0.316. The lowest BCUT2D eigenvalue weighted by Gasteiger charge is -2.31. The van der Waals surface area contributed by atoms with Gasteiger partial charge in [-0.1, -0.05) is 19.1 Å². The van der Waals surface area contributed by atoms with Crippen molar-refractivity contribution in [1.82, 2.24) is 14.5 Å². The number of nitrogens with zero attached hydrogens (tertiary/aromatic N) is 4. The first kappa shape index (κ1) is 22.7. The molecule has 0 aliphatic carbocycles. The second-order valence-corrected chi connectivity index (χ2v) is 7.72. The van der Waals surface area contributed by atoms with Crippen molar-refractivity contribution in [3.05, 3.63) is 99.0 Å². The van der Waals surface area contributed by atoms with E-state index in [2.05, 4.69) is 5.32 Å². The third-order valence-electron chi connectivity index (χ3n) is 5.58. The highest BCUT2D eigenvalue weighted by molar-refractivity contribution is 5.89. The van der Waals surface area contributed by atoms with E-state index in [9.17, 15) is 19.7 Å². The first-order valence-corrected chi connectivity index (χ1v) is 10.7. The van der Waals surface area contributed by atoms with Gasteiger partial charge in [0.1, 0.15) is 11.6 Å². The molecule has 10 nitrogen and oxygen atoms in total. The Labute approximate surface area is 194 Å². The van der Waals surface area contributed by atoms with Gasteiger partial charge >= 0.3 is 6.03 Å². The molecular weight excluding hydrogens is 438 g/mol. The minimum absolute atomic E-state index is 0.0766. The van der Waals surface area contributed by atoms with Gasteiger partial charge in [0.05, 0.1) is 34.7 Å². The molecular formula is C24H23N5O5. The minimum atomic E-state index is -0.551. The van der Waals surface area contributed by atoms with Crippen LogP contribution in [0.4, 0.5) is 16.2 Å². The standard InChI is InChI=1S/C24H23N5O5/c1-3-21(22-26-20-9-5-4-8-19(20)23(30)27(22)2)28(15-18-7-6-14-34-18)24(31)25-16-10-12-17(13-11-16)29(32)33/h4-14,21H,3,15H2,1-2H3,(H,25,31). The monoisotopic (exact) mass is 461 g/mol. The lowest BCUT2D eigenvalue weighted by atomic mass is 10.1. The zero-order chi connectivity index (χ0) is 24.2. The molecule has 0 saturated heterocycles. The number of furan rings is 1. The molecule has 34 heavy (non-hydrogen) atoms. The smallest absolute Gasteiger partial charge is 0.322 e. The molecule has 0 saturated carbocycles. The Morgan fingerprint density at radius 3 is 2.56 bits per heavy atom. The number of rotatable bonds is 7. The summed E-state index contributed by atoms with van der Waals surface area (Å²) in [6.45, 7) is 2.04. The summed E-state index contributed by atoms with van der Waals surface area (Å²) in [5.74, 6) is 1.000. The van der Waals surface area contributed by atoms with Gasteiger partial charge in [0.15, 0.2) is 0 Å². The average Bonchev–Trinajstić information content (AvgIpc) is 3.35. The zero-order valence-corrected chi connectivity index (χ0v) is 18.7. The number of hydrogen-bond acceptors (Lipinski definition) is 6. The van der Waals surface area contributed by atoms with Crippen LogP contribution in [-0.2, 0) is 13.6 Å². The Balaban J connectivity index is 1.72. The molecule has 0 fully saturated rings. The number of carbonyl (C=O) groups excluding carboxylic acids is 1. The van der Waals surface area contributed by atoms with Gasteiger partial charge in [-0.05, 0) is 42.8 Å². The van der Waals surface area contributed by atoms with E-state index in [1.807, 2.05) is 6.92 Å². The number of hydrogen-bond donors (Lipinski definition) is 1. The molecule has 0 radical (unpaired) electrons. The van der Waals surface area contributed by atoms with Gasteiger partial charge in [-0.15, -0.1) is 0 Å². The fourth-order valence-corrected chi connectivity index (χ4v) is 3.83. The van der Waals surface area contributed by atoms with Crippen LogP contribution in [0.1, 0.15) is 31.0 Å². The lowest BCUT2D eigenvalue weighted by molar-refractivity contribution is -0.384. The molecule has 2 heterocycles. The number of fused-ring (bicyclic) bond motifs is 1. The molecule has 2 aromatic heterocycles. The largest absolute Gasteiger partial charge is 0.467 e. The molecule has 1 unspecified atom stereocenters. The fraction of sp³-hybridized carbons (Fsp3) is 0.208. The van der Waals surface area contributed by atoms with Gasteiger partial charge in [0, 0.05) is 24.9 Å². The summed E-state index contributed by atoms with van der Waals surface area (Å²) < 4.78 is 6.94. The summed E-state index contributed by atoms with van der Waals surface area (Å²) in [6, 6.07) is 15.1. The summed E-state index contributed by atoms with van der Waals surface area (Å²) in [7, 11) is 1.64. The van der Waals surface area contributed by atoms with E-state index in [1.54, 1.807) is 43.4 Å². The fourth-order valence-electron chi connectivity index (χ4n) is 3.83. The van der Waals surface area contributed by atoms with E-state index < -0.39 is 17.0 Å². The molecule has 0 spiro atoms. The second-order valence-electron chi connectivity index (χ2n) is 7.72. The van der Waals surface area contributed by atoms with Crippen molar-refractivity contribution >= 4 is 28.3 Å². The summed E-state index contributed by atoms with van der Waals surface area (Å²) in [6.07, 6.45) is 2.00. The zero-order valence-electron chi connectivity index (χ0n) is 18.7. The Kier molecular flexibility index (Phi) is 6.39. The van der Waals surface area contributed by atoms with Crippen LogP contribution >= 0.6 is 0 Å². The van der Waals surface area contributed by atoms with E-state index in [4.69, 9.17) is 9.40 Å². The normalized spacial score (nSPS) is 11.8. The van der Waals surface area contributed by atoms with Crippen molar-refractivity contribution in [2.45, 2.75) is 25.9 Å². The van der Waals surface area contributed by atoms with Gasteiger partial charge < -0.3 is 14.6 Å². The molecule has 4 aromatic rings. The lowest BCUT2D eigenvalue weighted by Crippen LogP contribution is -2.40. The number of carbonyl (C=O) groups is 1. The second kappa shape index (κ2) is 9.57. The van der Waals surface area contributed by atoms with Crippen molar-refractivity contribution in [2.24, 2.45) is 7.05 Å². The number of nitro benzene ring substituents is 1. The van der Waals surface area contributed by atoms with Crippen LogP contribution in [0.3, 0.4) is 0 Å². The molecule has 2 aromatic carbocycles. The predicted molar refractivity (Wildman–Crippen MR) is 126 cm³/mol. The van der Waals surface area contributed by atoms with Gasteiger partial charge in [0.2, 0.25) is 0 Å². The molecule has 1 N–H and O–H groups in total. The number of non-ortho nitro benzene ring substituents is 1. The number of para-hydroxylation sites is 1. The molecule has 4 rings (SSSR count). The van der Waals surface area contributed by atoms with Crippen molar-refractivity contribution < 1.29 is 14.1 Å². The molecule has 0 bridgehead atoms. The number of urea groups is 1. The summed E-state index contributed by atoms with van der Waals surface area (Å²) >= 11 is 0. The molecule has 0 aliphatic rings. The van der Waals surface area contributed by atoms with Crippen molar-refractivity contribution in [2.75, 3.05) is 5.32 Å².